The largest absolute Gasteiger partial charge is 0.471 e. The van der Waals surface area contributed by atoms with Crippen molar-refractivity contribution >= 4 is 17.1 Å². The Labute approximate surface area is 157 Å². The van der Waals surface area contributed by atoms with Gasteiger partial charge in [-0.3, -0.25) is 9.48 Å². The van der Waals surface area contributed by atoms with Crippen molar-refractivity contribution in [3.8, 4) is 10.7 Å². The van der Waals surface area contributed by atoms with Crippen molar-refractivity contribution < 1.29 is 22.5 Å². The van der Waals surface area contributed by atoms with Crippen LogP contribution in [0.5, 0.6) is 0 Å². The maximum absolute atomic E-state index is 12.5. The first-order valence-electron chi connectivity index (χ1n) is 8.07. The van der Waals surface area contributed by atoms with E-state index in [1.807, 2.05) is 20.8 Å². The second-order valence-electron chi connectivity index (χ2n) is 7.27. The Morgan fingerprint density at radius 2 is 2.00 bits per heavy atom. The molecule has 0 aliphatic carbocycles. The summed E-state index contributed by atoms with van der Waals surface area (Å²) in [7, 11) is 0. The van der Waals surface area contributed by atoms with Crippen molar-refractivity contribution in [2.75, 3.05) is 0 Å². The molecule has 0 radical (unpaired) electrons. The van der Waals surface area contributed by atoms with Gasteiger partial charge in [0, 0.05) is 17.5 Å². The van der Waals surface area contributed by atoms with E-state index in [4.69, 9.17) is 0 Å². The number of carbonyl (C=O) groups excluding carboxylic acids is 1. The first kappa shape index (κ1) is 19.3. The van der Waals surface area contributed by atoms with Crippen LogP contribution in [0.25, 0.3) is 10.7 Å². The fourth-order valence-corrected chi connectivity index (χ4v) is 3.28. The predicted octanol–water partition coefficient (Wildman–Crippen LogP) is 4.68. The number of hydrogen-bond donors (Lipinski definition) is 0. The SMILES string of the molecule is CC(C)(C)CC(=O)c1cnn(Cc2ccc(-c3noc(C(F)(F)F)n3)s2)c1. The van der Waals surface area contributed by atoms with Crippen LogP contribution in [0, 0.1) is 5.41 Å². The lowest BCUT2D eigenvalue weighted by atomic mass is 9.88. The van der Waals surface area contributed by atoms with Gasteiger partial charge in [-0.1, -0.05) is 25.9 Å². The normalized spacial score (nSPS) is 12.5. The molecule has 0 unspecified atom stereocenters. The second kappa shape index (κ2) is 6.91. The zero-order chi connectivity index (χ0) is 19.8. The first-order chi connectivity index (χ1) is 12.5. The Kier molecular flexibility index (Phi) is 4.94. The van der Waals surface area contributed by atoms with E-state index in [9.17, 15) is 18.0 Å². The van der Waals surface area contributed by atoms with E-state index in [1.54, 1.807) is 23.0 Å². The van der Waals surface area contributed by atoms with Crippen LogP contribution in [0.1, 0.15) is 48.3 Å². The molecule has 27 heavy (non-hydrogen) atoms. The van der Waals surface area contributed by atoms with E-state index in [1.165, 1.54) is 17.5 Å². The van der Waals surface area contributed by atoms with Gasteiger partial charge in [-0.2, -0.15) is 23.3 Å². The molecule has 0 spiro atoms. The minimum Gasteiger partial charge on any atom is -0.329 e. The molecule has 3 aromatic heterocycles. The number of halogens is 3. The van der Waals surface area contributed by atoms with Crippen molar-refractivity contribution in [2.24, 2.45) is 5.41 Å². The standard InChI is InChI=1S/C17H17F3N4O2S/c1-16(2,3)6-12(25)10-7-21-24(8-10)9-11-4-5-13(27-11)14-22-15(26-23-14)17(18,19)20/h4-5,7-8H,6,9H2,1-3H3. The number of nitrogens with zero attached hydrogens (tertiary/aromatic N) is 4. The number of Topliss-reactive ketones (excluding diaryl/α,β-unsaturated/α-hetero) is 1. The third-order valence-electron chi connectivity index (χ3n) is 3.51. The van der Waals surface area contributed by atoms with Gasteiger partial charge in [-0.25, -0.2) is 0 Å². The van der Waals surface area contributed by atoms with Crippen LogP contribution >= 0.6 is 11.3 Å². The summed E-state index contributed by atoms with van der Waals surface area (Å²) in [6.07, 6.45) is -1.06. The third kappa shape index (κ3) is 4.82. The number of hydrogen-bond acceptors (Lipinski definition) is 6. The Morgan fingerprint density at radius 1 is 1.26 bits per heavy atom. The highest BCUT2D eigenvalue weighted by Gasteiger charge is 2.38. The number of alkyl halides is 3. The minimum atomic E-state index is -4.67. The highest BCUT2D eigenvalue weighted by molar-refractivity contribution is 7.15. The number of carbonyl (C=O) groups is 1. The topological polar surface area (TPSA) is 73.8 Å². The lowest BCUT2D eigenvalue weighted by Crippen LogP contribution is -2.12. The summed E-state index contributed by atoms with van der Waals surface area (Å²) in [4.78, 5) is 16.9. The highest BCUT2D eigenvalue weighted by atomic mass is 32.1. The molecule has 0 bridgehead atoms. The fourth-order valence-electron chi connectivity index (χ4n) is 2.36. The van der Waals surface area contributed by atoms with Gasteiger partial charge < -0.3 is 4.52 Å². The summed E-state index contributed by atoms with van der Waals surface area (Å²) >= 11 is 1.23. The van der Waals surface area contributed by atoms with E-state index in [0.717, 1.165) is 4.88 Å². The van der Waals surface area contributed by atoms with Crippen molar-refractivity contribution in [3.05, 3.63) is 40.9 Å². The van der Waals surface area contributed by atoms with Gasteiger partial charge in [0.15, 0.2) is 5.78 Å². The molecule has 0 N–H and O–H groups in total. The van der Waals surface area contributed by atoms with E-state index in [-0.39, 0.29) is 17.0 Å². The molecule has 6 nitrogen and oxygen atoms in total. The Balaban J connectivity index is 1.70. The van der Waals surface area contributed by atoms with Crippen molar-refractivity contribution in [3.63, 3.8) is 0 Å². The monoisotopic (exact) mass is 398 g/mol. The summed E-state index contributed by atoms with van der Waals surface area (Å²) < 4.78 is 43.5. The van der Waals surface area contributed by atoms with E-state index >= 15 is 0 Å². The van der Waals surface area contributed by atoms with Crippen LogP contribution < -0.4 is 0 Å². The first-order valence-corrected chi connectivity index (χ1v) is 8.88. The second-order valence-corrected chi connectivity index (χ2v) is 8.44. The molecular weight excluding hydrogens is 381 g/mol. The highest BCUT2D eigenvalue weighted by Crippen LogP contribution is 2.32. The van der Waals surface area contributed by atoms with E-state index < -0.39 is 12.1 Å². The van der Waals surface area contributed by atoms with Crippen molar-refractivity contribution in [2.45, 2.75) is 39.9 Å². The Hall–Kier alpha value is -2.49. The van der Waals surface area contributed by atoms with Gasteiger partial charge in [0.25, 0.3) is 0 Å². The van der Waals surface area contributed by atoms with Crippen LogP contribution in [0.15, 0.2) is 29.0 Å². The van der Waals surface area contributed by atoms with Crippen LogP contribution in [-0.2, 0) is 12.7 Å². The Morgan fingerprint density at radius 3 is 2.63 bits per heavy atom. The smallest absolute Gasteiger partial charge is 0.329 e. The molecule has 0 fully saturated rings. The zero-order valence-electron chi connectivity index (χ0n) is 14.9. The molecule has 0 atom stereocenters. The van der Waals surface area contributed by atoms with Crippen LogP contribution in [0.2, 0.25) is 0 Å². The molecule has 144 valence electrons. The van der Waals surface area contributed by atoms with E-state index in [0.29, 0.717) is 23.4 Å². The number of ketones is 1. The molecule has 0 aliphatic heterocycles. The summed E-state index contributed by atoms with van der Waals surface area (Å²) in [6, 6.07) is 3.38. The molecule has 0 aromatic carbocycles. The van der Waals surface area contributed by atoms with Crippen molar-refractivity contribution in [1.29, 1.82) is 0 Å². The third-order valence-corrected chi connectivity index (χ3v) is 4.58. The molecule has 10 heteroatoms. The molecular formula is C17H17F3N4O2S. The summed E-state index contributed by atoms with van der Waals surface area (Å²) in [5.41, 5.74) is 0.427. The average molecular weight is 398 g/mol. The molecule has 3 rings (SSSR count). The molecule has 3 aromatic rings. The maximum atomic E-state index is 12.5. The summed E-state index contributed by atoms with van der Waals surface area (Å²) in [6.45, 7) is 6.36. The Bertz CT molecular complexity index is 950. The van der Waals surface area contributed by atoms with E-state index in [2.05, 4.69) is 19.8 Å². The van der Waals surface area contributed by atoms with Gasteiger partial charge in [-0.15, -0.1) is 11.3 Å². The maximum Gasteiger partial charge on any atom is 0.471 e. The van der Waals surface area contributed by atoms with Crippen molar-refractivity contribution in [1.82, 2.24) is 19.9 Å². The van der Waals surface area contributed by atoms with Gasteiger partial charge >= 0.3 is 12.1 Å². The molecule has 0 aliphatic rings. The van der Waals surface area contributed by atoms with Gasteiger partial charge in [0.05, 0.1) is 23.2 Å². The molecule has 0 amide bonds. The van der Waals surface area contributed by atoms with Crippen LogP contribution in [0.3, 0.4) is 0 Å². The lowest BCUT2D eigenvalue weighted by molar-refractivity contribution is -0.159. The number of rotatable bonds is 5. The lowest BCUT2D eigenvalue weighted by Gasteiger charge is -2.15. The molecule has 0 saturated heterocycles. The zero-order valence-corrected chi connectivity index (χ0v) is 15.7. The molecule has 0 saturated carbocycles. The number of thiophene rings is 1. The van der Waals surface area contributed by atoms with Gasteiger partial charge in [-0.05, 0) is 17.5 Å². The van der Waals surface area contributed by atoms with Gasteiger partial charge in [0.2, 0.25) is 5.82 Å². The summed E-state index contributed by atoms with van der Waals surface area (Å²) in [5, 5.41) is 7.56. The average Bonchev–Trinajstić information content (AvgIpc) is 3.25. The van der Waals surface area contributed by atoms with Crippen LogP contribution in [0.4, 0.5) is 13.2 Å². The van der Waals surface area contributed by atoms with Crippen LogP contribution in [-0.4, -0.2) is 25.7 Å². The van der Waals surface area contributed by atoms with Gasteiger partial charge in [0.1, 0.15) is 0 Å². The minimum absolute atomic E-state index is 0.0205. The number of aromatic nitrogens is 4. The summed E-state index contributed by atoms with van der Waals surface area (Å²) in [5.74, 6) is -1.46. The molecule has 3 heterocycles. The predicted molar refractivity (Wildman–Crippen MR) is 92.3 cm³/mol. The fraction of sp³-hybridized carbons (Fsp3) is 0.412. The quantitative estimate of drug-likeness (QED) is 0.584.